The average Bonchev–Trinajstić information content (AvgIpc) is 2.76. The van der Waals surface area contributed by atoms with E-state index in [0.717, 1.165) is 5.69 Å². The first kappa shape index (κ1) is 10.6. The lowest BCUT2D eigenvalue weighted by atomic mass is 10.3. The Labute approximate surface area is 97.3 Å². The quantitative estimate of drug-likeness (QED) is 0.604. The van der Waals surface area contributed by atoms with Gasteiger partial charge in [0.1, 0.15) is 12.8 Å². The fourth-order valence-electron chi connectivity index (χ4n) is 1.16. The molecular weight excluding hydrogens is 228 g/mol. The first-order chi connectivity index (χ1) is 7.79. The molecule has 6 heteroatoms. The van der Waals surface area contributed by atoms with E-state index >= 15 is 0 Å². The minimum absolute atomic E-state index is 0.622. The second kappa shape index (κ2) is 4.76. The summed E-state index contributed by atoms with van der Waals surface area (Å²) in [5, 5.41) is 12.1. The maximum Gasteiger partial charge on any atom is 0.127 e. The number of rotatable bonds is 3. The SMILES string of the molecule is CO/N=C/c1cn(-c2ccc(Cl)cc2)nn1. The van der Waals surface area contributed by atoms with Gasteiger partial charge in [0, 0.05) is 5.02 Å². The van der Waals surface area contributed by atoms with E-state index in [1.54, 1.807) is 23.0 Å². The van der Waals surface area contributed by atoms with Crippen molar-refractivity contribution in [3.8, 4) is 5.69 Å². The Kier molecular flexibility index (Phi) is 3.16. The van der Waals surface area contributed by atoms with Crippen LogP contribution in [-0.2, 0) is 4.84 Å². The van der Waals surface area contributed by atoms with E-state index < -0.39 is 0 Å². The van der Waals surface area contributed by atoms with Gasteiger partial charge in [0.05, 0.1) is 18.1 Å². The summed E-state index contributed by atoms with van der Waals surface area (Å²) < 4.78 is 1.63. The molecule has 0 aliphatic rings. The molecule has 16 heavy (non-hydrogen) atoms. The molecule has 82 valence electrons. The number of hydrogen-bond acceptors (Lipinski definition) is 4. The minimum Gasteiger partial charge on any atom is -0.399 e. The van der Waals surface area contributed by atoms with Crippen LogP contribution in [0.4, 0.5) is 0 Å². The second-order valence-corrected chi connectivity index (χ2v) is 3.42. The summed E-state index contributed by atoms with van der Waals surface area (Å²) in [6.07, 6.45) is 3.23. The highest BCUT2D eigenvalue weighted by atomic mass is 35.5. The van der Waals surface area contributed by atoms with Crippen molar-refractivity contribution in [2.24, 2.45) is 5.16 Å². The third kappa shape index (κ3) is 2.38. The van der Waals surface area contributed by atoms with E-state index in [1.807, 2.05) is 12.1 Å². The topological polar surface area (TPSA) is 52.3 Å². The molecule has 5 nitrogen and oxygen atoms in total. The summed E-state index contributed by atoms with van der Waals surface area (Å²) >= 11 is 5.79. The van der Waals surface area contributed by atoms with Gasteiger partial charge in [-0.15, -0.1) is 5.10 Å². The Morgan fingerprint density at radius 2 is 2.12 bits per heavy atom. The van der Waals surface area contributed by atoms with Gasteiger partial charge >= 0.3 is 0 Å². The number of halogens is 1. The lowest BCUT2D eigenvalue weighted by Gasteiger charge is -1.98. The van der Waals surface area contributed by atoms with Crippen LogP contribution in [0, 0.1) is 0 Å². The van der Waals surface area contributed by atoms with Gasteiger partial charge in [-0.05, 0) is 24.3 Å². The minimum atomic E-state index is 0.622. The van der Waals surface area contributed by atoms with Crippen LogP contribution in [-0.4, -0.2) is 28.3 Å². The molecule has 2 aromatic rings. The number of nitrogens with zero attached hydrogens (tertiary/aromatic N) is 4. The summed E-state index contributed by atoms with van der Waals surface area (Å²) in [6, 6.07) is 7.30. The predicted octanol–water partition coefficient (Wildman–Crippen LogP) is 1.90. The highest BCUT2D eigenvalue weighted by Crippen LogP contribution is 2.12. The van der Waals surface area contributed by atoms with Gasteiger partial charge in [0.15, 0.2) is 0 Å². The molecule has 0 aliphatic carbocycles. The van der Waals surface area contributed by atoms with Crippen molar-refractivity contribution in [3.05, 3.63) is 41.2 Å². The van der Waals surface area contributed by atoms with Crippen molar-refractivity contribution < 1.29 is 4.84 Å². The number of hydrogen-bond donors (Lipinski definition) is 0. The molecule has 1 aromatic carbocycles. The zero-order chi connectivity index (χ0) is 11.4. The van der Waals surface area contributed by atoms with Crippen LogP contribution in [0.3, 0.4) is 0 Å². The Morgan fingerprint density at radius 1 is 1.38 bits per heavy atom. The molecular formula is C10H9ClN4O. The van der Waals surface area contributed by atoms with Crippen molar-refractivity contribution >= 4 is 17.8 Å². The summed E-state index contributed by atoms with van der Waals surface area (Å²) in [6.45, 7) is 0. The summed E-state index contributed by atoms with van der Waals surface area (Å²) in [5.74, 6) is 0. The fourth-order valence-corrected chi connectivity index (χ4v) is 1.29. The van der Waals surface area contributed by atoms with Crippen LogP contribution < -0.4 is 0 Å². The van der Waals surface area contributed by atoms with E-state index in [2.05, 4.69) is 20.3 Å². The largest absolute Gasteiger partial charge is 0.399 e. The van der Waals surface area contributed by atoms with Gasteiger partial charge in [-0.3, -0.25) is 0 Å². The van der Waals surface area contributed by atoms with Gasteiger partial charge in [-0.25, -0.2) is 4.68 Å². The van der Waals surface area contributed by atoms with Gasteiger partial charge in [-0.2, -0.15) is 0 Å². The molecule has 0 bridgehead atoms. The molecule has 0 saturated heterocycles. The molecule has 0 atom stereocenters. The zero-order valence-electron chi connectivity index (χ0n) is 8.54. The van der Waals surface area contributed by atoms with Crippen LogP contribution in [0.2, 0.25) is 5.02 Å². The van der Waals surface area contributed by atoms with E-state index in [4.69, 9.17) is 11.6 Å². The van der Waals surface area contributed by atoms with Crippen LogP contribution in [0.15, 0.2) is 35.6 Å². The summed E-state index contributed by atoms with van der Waals surface area (Å²) in [5.41, 5.74) is 1.51. The average molecular weight is 237 g/mol. The lowest BCUT2D eigenvalue weighted by Crippen LogP contribution is -1.93. The smallest absolute Gasteiger partial charge is 0.127 e. The maximum atomic E-state index is 5.79. The standard InChI is InChI=1S/C10H9ClN4O/c1-16-12-6-9-7-15(14-13-9)10-4-2-8(11)3-5-10/h2-7H,1H3/b12-6+. The molecule has 0 N–H and O–H groups in total. The van der Waals surface area contributed by atoms with Crippen LogP contribution in [0.1, 0.15) is 5.69 Å². The molecule has 0 amide bonds. The van der Waals surface area contributed by atoms with Gasteiger partial charge in [0.2, 0.25) is 0 Å². The second-order valence-electron chi connectivity index (χ2n) is 2.98. The molecule has 1 heterocycles. The van der Waals surface area contributed by atoms with Crippen LogP contribution in [0.5, 0.6) is 0 Å². The van der Waals surface area contributed by atoms with Crippen LogP contribution >= 0.6 is 11.6 Å². The molecule has 1 aromatic heterocycles. The summed E-state index contributed by atoms with van der Waals surface area (Å²) in [7, 11) is 1.47. The predicted molar refractivity (Wildman–Crippen MR) is 61.0 cm³/mol. The van der Waals surface area contributed by atoms with Crippen molar-refractivity contribution in [2.45, 2.75) is 0 Å². The van der Waals surface area contributed by atoms with E-state index in [0.29, 0.717) is 10.7 Å². The molecule has 2 rings (SSSR count). The third-order valence-corrected chi connectivity index (χ3v) is 2.14. The van der Waals surface area contributed by atoms with Crippen molar-refractivity contribution in [2.75, 3.05) is 7.11 Å². The van der Waals surface area contributed by atoms with Crippen molar-refractivity contribution in [1.82, 2.24) is 15.0 Å². The first-order valence-corrected chi connectivity index (χ1v) is 4.92. The molecule has 0 saturated carbocycles. The zero-order valence-corrected chi connectivity index (χ0v) is 9.30. The normalized spacial score (nSPS) is 10.9. The van der Waals surface area contributed by atoms with Gasteiger partial charge < -0.3 is 4.84 Å². The van der Waals surface area contributed by atoms with Crippen LogP contribution in [0.25, 0.3) is 5.69 Å². The van der Waals surface area contributed by atoms with Crippen molar-refractivity contribution in [3.63, 3.8) is 0 Å². The number of aromatic nitrogens is 3. The number of benzene rings is 1. The van der Waals surface area contributed by atoms with Crippen molar-refractivity contribution in [1.29, 1.82) is 0 Å². The maximum absolute atomic E-state index is 5.79. The number of oxime groups is 1. The van der Waals surface area contributed by atoms with Gasteiger partial charge in [0.25, 0.3) is 0 Å². The van der Waals surface area contributed by atoms with E-state index in [9.17, 15) is 0 Å². The molecule has 0 fully saturated rings. The Morgan fingerprint density at radius 3 is 2.81 bits per heavy atom. The van der Waals surface area contributed by atoms with Gasteiger partial charge in [-0.1, -0.05) is 22.0 Å². The lowest BCUT2D eigenvalue weighted by molar-refractivity contribution is 0.215. The molecule has 0 spiro atoms. The molecule has 0 unspecified atom stereocenters. The Balaban J connectivity index is 2.24. The molecule has 0 radical (unpaired) electrons. The fraction of sp³-hybridized carbons (Fsp3) is 0.100. The van der Waals surface area contributed by atoms with E-state index in [1.165, 1.54) is 13.3 Å². The Hall–Kier alpha value is -1.88. The highest BCUT2D eigenvalue weighted by molar-refractivity contribution is 6.30. The van der Waals surface area contributed by atoms with E-state index in [-0.39, 0.29) is 0 Å². The summed E-state index contributed by atoms with van der Waals surface area (Å²) in [4.78, 5) is 4.55. The first-order valence-electron chi connectivity index (χ1n) is 4.54. The third-order valence-electron chi connectivity index (χ3n) is 1.89. The monoisotopic (exact) mass is 236 g/mol. The highest BCUT2D eigenvalue weighted by Gasteiger charge is 2.00. The molecule has 0 aliphatic heterocycles. The Bertz CT molecular complexity index is 492.